The van der Waals surface area contributed by atoms with Crippen LogP contribution in [0.4, 0.5) is 4.39 Å². The van der Waals surface area contributed by atoms with Crippen LogP contribution in [-0.4, -0.2) is 43.2 Å². The molecule has 2 amide bonds. The van der Waals surface area contributed by atoms with Crippen LogP contribution in [0.5, 0.6) is 0 Å². The Morgan fingerprint density at radius 1 is 1.18 bits per heavy atom. The van der Waals surface area contributed by atoms with Crippen molar-refractivity contribution in [2.45, 2.75) is 25.6 Å². The van der Waals surface area contributed by atoms with E-state index in [2.05, 4.69) is 5.32 Å². The maximum absolute atomic E-state index is 13.0. The Morgan fingerprint density at radius 3 is 2.50 bits per heavy atom. The molecular weight excluding hydrogens is 383 g/mol. The number of benzene rings is 2. The van der Waals surface area contributed by atoms with Gasteiger partial charge >= 0.3 is 0 Å². The second-order valence-electron chi connectivity index (χ2n) is 6.87. The number of rotatable bonds is 7. The highest BCUT2D eigenvalue weighted by Gasteiger charge is 2.36. The van der Waals surface area contributed by atoms with Crippen LogP contribution >= 0.6 is 0 Å². The van der Waals surface area contributed by atoms with Crippen LogP contribution in [0.1, 0.15) is 27.9 Å². The maximum Gasteiger partial charge on any atom is 0.255 e. The van der Waals surface area contributed by atoms with E-state index in [1.165, 1.54) is 17.0 Å². The zero-order valence-electron chi connectivity index (χ0n) is 15.4. The third-order valence-electron chi connectivity index (χ3n) is 4.67. The molecule has 0 aliphatic carbocycles. The molecule has 8 heteroatoms. The van der Waals surface area contributed by atoms with Crippen molar-refractivity contribution in [2.75, 3.05) is 12.0 Å². The minimum Gasteiger partial charge on any atom is -0.350 e. The Labute approximate surface area is 163 Å². The van der Waals surface area contributed by atoms with Crippen molar-refractivity contribution in [3.63, 3.8) is 0 Å². The van der Waals surface area contributed by atoms with E-state index in [-0.39, 0.29) is 37.0 Å². The van der Waals surface area contributed by atoms with Crippen LogP contribution in [0.15, 0.2) is 48.5 Å². The van der Waals surface area contributed by atoms with Gasteiger partial charge in [-0.1, -0.05) is 30.3 Å². The minimum absolute atomic E-state index is 0.00775. The highest BCUT2D eigenvalue weighted by molar-refractivity contribution is 7.90. The molecule has 2 aromatic rings. The first-order valence-corrected chi connectivity index (χ1v) is 10.9. The van der Waals surface area contributed by atoms with Crippen molar-refractivity contribution in [3.05, 3.63) is 71.0 Å². The van der Waals surface area contributed by atoms with E-state index in [0.717, 1.165) is 11.8 Å². The highest BCUT2D eigenvalue weighted by Crippen LogP contribution is 2.25. The second-order valence-corrected chi connectivity index (χ2v) is 9.13. The molecule has 0 spiro atoms. The summed E-state index contributed by atoms with van der Waals surface area (Å²) < 4.78 is 36.2. The van der Waals surface area contributed by atoms with E-state index in [4.69, 9.17) is 0 Å². The summed E-state index contributed by atoms with van der Waals surface area (Å²) in [6, 6.07) is 11.9. The van der Waals surface area contributed by atoms with Gasteiger partial charge in [0.25, 0.3) is 5.91 Å². The zero-order chi connectivity index (χ0) is 20.3. The Balaban J connectivity index is 1.76. The summed E-state index contributed by atoms with van der Waals surface area (Å²) in [6.07, 6.45) is 1.11. The number of nitrogens with zero attached hydrogens (tertiary/aromatic N) is 1. The quantitative estimate of drug-likeness (QED) is 0.764. The maximum atomic E-state index is 13.0. The fourth-order valence-electron chi connectivity index (χ4n) is 3.19. The predicted octanol–water partition coefficient (Wildman–Crippen LogP) is 1.90. The molecule has 3 rings (SSSR count). The summed E-state index contributed by atoms with van der Waals surface area (Å²) in [5, 5.41) is 2.73. The highest BCUT2D eigenvalue weighted by atomic mass is 32.2. The topological polar surface area (TPSA) is 83.6 Å². The number of carbonyl (C=O) groups is 2. The Kier molecular flexibility index (Phi) is 5.79. The number of hydrogen-bond donors (Lipinski definition) is 1. The molecule has 0 aromatic heterocycles. The Hall–Kier alpha value is -2.74. The van der Waals surface area contributed by atoms with E-state index < -0.39 is 21.8 Å². The molecule has 1 heterocycles. The standard InChI is InChI=1S/C20H21FN2O4S/c1-28(26,27)11-10-18(19(24)22-12-14-6-8-16(21)9-7-14)23-13-15-4-2-3-5-17(15)20(23)25/h2-9,18H,10-13H2,1H3,(H,22,24). The third kappa shape index (κ3) is 4.75. The van der Waals surface area contributed by atoms with Gasteiger partial charge in [-0.25, -0.2) is 12.8 Å². The first kappa shape index (κ1) is 20.0. The summed E-state index contributed by atoms with van der Waals surface area (Å²) in [5.74, 6) is -1.30. The summed E-state index contributed by atoms with van der Waals surface area (Å²) in [7, 11) is -3.30. The van der Waals surface area contributed by atoms with Gasteiger partial charge in [0.1, 0.15) is 21.7 Å². The SMILES string of the molecule is CS(=O)(=O)CCC(C(=O)NCc1ccc(F)cc1)N1Cc2ccccc2C1=O. The molecule has 6 nitrogen and oxygen atoms in total. The van der Waals surface area contributed by atoms with E-state index in [0.29, 0.717) is 11.1 Å². The number of nitrogens with one attached hydrogen (secondary N) is 1. The summed E-state index contributed by atoms with van der Waals surface area (Å²) in [4.78, 5) is 27.0. The van der Waals surface area contributed by atoms with Crippen molar-refractivity contribution < 1.29 is 22.4 Å². The van der Waals surface area contributed by atoms with Gasteiger partial charge in [0.05, 0.1) is 5.75 Å². The molecule has 0 radical (unpaired) electrons. The summed E-state index contributed by atoms with van der Waals surface area (Å²) >= 11 is 0. The van der Waals surface area contributed by atoms with Crippen LogP contribution in [-0.2, 0) is 27.7 Å². The number of halogens is 1. The van der Waals surface area contributed by atoms with Gasteiger partial charge in [0, 0.05) is 24.9 Å². The average molecular weight is 404 g/mol. The largest absolute Gasteiger partial charge is 0.350 e. The fourth-order valence-corrected chi connectivity index (χ4v) is 3.84. The average Bonchev–Trinajstić information content (AvgIpc) is 2.97. The fraction of sp³-hybridized carbons (Fsp3) is 0.300. The van der Waals surface area contributed by atoms with Gasteiger partial charge in [0.2, 0.25) is 5.91 Å². The van der Waals surface area contributed by atoms with E-state index in [9.17, 15) is 22.4 Å². The van der Waals surface area contributed by atoms with Crippen LogP contribution in [0.3, 0.4) is 0 Å². The lowest BCUT2D eigenvalue weighted by molar-refractivity contribution is -0.126. The Morgan fingerprint density at radius 2 is 1.86 bits per heavy atom. The molecule has 2 aromatic carbocycles. The van der Waals surface area contributed by atoms with E-state index in [1.807, 2.05) is 12.1 Å². The number of sulfone groups is 1. The number of hydrogen-bond acceptors (Lipinski definition) is 4. The van der Waals surface area contributed by atoms with Crippen molar-refractivity contribution >= 4 is 21.7 Å². The van der Waals surface area contributed by atoms with Crippen molar-refractivity contribution in [1.29, 1.82) is 0 Å². The molecule has 0 bridgehead atoms. The molecule has 1 aliphatic rings. The number of amides is 2. The number of carbonyl (C=O) groups excluding carboxylic acids is 2. The molecule has 0 fully saturated rings. The lowest BCUT2D eigenvalue weighted by atomic mass is 10.1. The monoisotopic (exact) mass is 404 g/mol. The van der Waals surface area contributed by atoms with Gasteiger partial charge in [-0.05, 0) is 35.7 Å². The van der Waals surface area contributed by atoms with Crippen LogP contribution in [0.2, 0.25) is 0 Å². The first-order valence-electron chi connectivity index (χ1n) is 8.83. The first-order chi connectivity index (χ1) is 13.2. The van der Waals surface area contributed by atoms with Gasteiger partial charge < -0.3 is 10.2 Å². The molecule has 1 unspecified atom stereocenters. The molecular formula is C20H21FN2O4S. The lowest BCUT2D eigenvalue weighted by Crippen LogP contribution is -2.47. The van der Waals surface area contributed by atoms with E-state index >= 15 is 0 Å². The van der Waals surface area contributed by atoms with E-state index in [1.54, 1.807) is 24.3 Å². The van der Waals surface area contributed by atoms with Crippen LogP contribution < -0.4 is 5.32 Å². The smallest absolute Gasteiger partial charge is 0.255 e. The predicted molar refractivity (Wildman–Crippen MR) is 103 cm³/mol. The molecule has 1 atom stereocenters. The normalized spacial score (nSPS) is 14.6. The number of fused-ring (bicyclic) bond motifs is 1. The van der Waals surface area contributed by atoms with Crippen LogP contribution in [0, 0.1) is 5.82 Å². The molecule has 1 N–H and O–H groups in total. The molecule has 0 saturated heterocycles. The van der Waals surface area contributed by atoms with Gasteiger partial charge in [-0.2, -0.15) is 0 Å². The molecule has 148 valence electrons. The molecule has 1 aliphatic heterocycles. The minimum atomic E-state index is -3.30. The summed E-state index contributed by atoms with van der Waals surface area (Å²) in [6.45, 7) is 0.414. The third-order valence-corrected chi connectivity index (χ3v) is 5.65. The van der Waals surface area contributed by atoms with Crippen molar-refractivity contribution in [1.82, 2.24) is 10.2 Å². The summed E-state index contributed by atoms with van der Waals surface area (Å²) in [5.41, 5.74) is 2.04. The second kappa shape index (κ2) is 8.10. The van der Waals surface area contributed by atoms with Crippen molar-refractivity contribution in [2.24, 2.45) is 0 Å². The van der Waals surface area contributed by atoms with Gasteiger partial charge in [0.15, 0.2) is 0 Å². The lowest BCUT2D eigenvalue weighted by Gasteiger charge is -2.26. The van der Waals surface area contributed by atoms with Crippen LogP contribution in [0.25, 0.3) is 0 Å². The van der Waals surface area contributed by atoms with Gasteiger partial charge in [-0.3, -0.25) is 9.59 Å². The Bertz CT molecular complexity index is 990. The van der Waals surface area contributed by atoms with Gasteiger partial charge in [-0.15, -0.1) is 0 Å². The molecule has 28 heavy (non-hydrogen) atoms. The molecule has 0 saturated carbocycles. The zero-order valence-corrected chi connectivity index (χ0v) is 16.2. The van der Waals surface area contributed by atoms with Crippen molar-refractivity contribution in [3.8, 4) is 0 Å².